The van der Waals surface area contributed by atoms with E-state index in [1.807, 2.05) is 0 Å². The van der Waals surface area contributed by atoms with E-state index in [2.05, 4.69) is 74.3 Å². The van der Waals surface area contributed by atoms with Gasteiger partial charge in [0.15, 0.2) is 10.8 Å². The van der Waals surface area contributed by atoms with Gasteiger partial charge in [-0.15, -0.1) is 0 Å². The van der Waals surface area contributed by atoms with Gasteiger partial charge in [-0.3, -0.25) is 4.90 Å². The third kappa shape index (κ3) is 2.69. The minimum Gasteiger partial charge on any atom is -0.467 e. The van der Waals surface area contributed by atoms with Crippen molar-refractivity contribution >= 4 is 23.0 Å². The molecule has 0 amide bonds. The number of nitrogens with zero attached hydrogens (tertiary/aromatic N) is 1. The summed E-state index contributed by atoms with van der Waals surface area (Å²) in [5.41, 5.74) is 5.62. The van der Waals surface area contributed by atoms with Crippen LogP contribution in [0.4, 0.5) is 5.69 Å². The summed E-state index contributed by atoms with van der Waals surface area (Å²) in [6, 6.07) is 13.2. The summed E-state index contributed by atoms with van der Waals surface area (Å²) in [5.74, 6) is 0.959. The number of fused-ring (bicyclic) bond motifs is 4. The number of rotatable bonds is 2. The summed E-state index contributed by atoms with van der Waals surface area (Å²) in [6.07, 6.45) is 1.89. The molecular weight excluding hydrogens is 328 g/mol. The van der Waals surface area contributed by atoms with Crippen LogP contribution < -0.4 is 15.0 Å². The van der Waals surface area contributed by atoms with Gasteiger partial charge < -0.3 is 10.1 Å². The molecule has 0 radical (unpaired) electrons. The van der Waals surface area contributed by atoms with Gasteiger partial charge in [-0.1, -0.05) is 25.1 Å². The molecule has 0 aromatic heterocycles. The fourth-order valence-electron chi connectivity index (χ4n) is 4.11. The van der Waals surface area contributed by atoms with E-state index < -0.39 is 5.72 Å². The molecule has 2 aromatic carbocycles. The molecule has 3 nitrogen and oxygen atoms in total. The van der Waals surface area contributed by atoms with Gasteiger partial charge in [-0.2, -0.15) is 0 Å². The lowest BCUT2D eigenvalue weighted by Gasteiger charge is -2.52. The quantitative estimate of drug-likeness (QED) is 0.785. The second-order valence-corrected chi connectivity index (χ2v) is 7.78. The number of thiocarbonyl (C=S) groups is 1. The second kappa shape index (κ2) is 5.73. The number of anilines is 1. The normalized spacial score (nSPS) is 24.4. The van der Waals surface area contributed by atoms with Crippen LogP contribution in [0.1, 0.15) is 48.6 Å². The first-order valence-electron chi connectivity index (χ1n) is 8.90. The first-order chi connectivity index (χ1) is 11.9. The Morgan fingerprint density at radius 1 is 1.20 bits per heavy atom. The maximum atomic E-state index is 6.51. The van der Waals surface area contributed by atoms with Gasteiger partial charge in [-0.25, -0.2) is 0 Å². The van der Waals surface area contributed by atoms with Crippen molar-refractivity contribution in [2.24, 2.45) is 0 Å². The highest BCUT2D eigenvalue weighted by Gasteiger charge is 2.48. The van der Waals surface area contributed by atoms with Crippen molar-refractivity contribution in [2.45, 2.75) is 52.3 Å². The first kappa shape index (κ1) is 16.4. The molecule has 2 heterocycles. The summed E-state index contributed by atoms with van der Waals surface area (Å²) in [4.78, 5) is 2.13. The molecule has 1 saturated heterocycles. The van der Waals surface area contributed by atoms with Gasteiger partial charge in [0.25, 0.3) is 0 Å². The van der Waals surface area contributed by atoms with Crippen LogP contribution in [0, 0.1) is 13.8 Å². The lowest BCUT2D eigenvalue weighted by Crippen LogP contribution is -2.65. The fraction of sp³-hybridized carbons (Fsp3) is 0.381. The molecule has 2 aliphatic heterocycles. The Morgan fingerprint density at radius 3 is 2.60 bits per heavy atom. The van der Waals surface area contributed by atoms with E-state index in [9.17, 15) is 0 Å². The van der Waals surface area contributed by atoms with E-state index >= 15 is 0 Å². The maximum absolute atomic E-state index is 6.51. The Labute approximate surface area is 155 Å². The van der Waals surface area contributed by atoms with Gasteiger partial charge in [0.05, 0.1) is 6.04 Å². The number of nitrogens with one attached hydrogen (secondary N) is 1. The van der Waals surface area contributed by atoms with Crippen molar-refractivity contribution in [1.82, 2.24) is 5.32 Å². The Kier molecular flexibility index (Phi) is 3.76. The first-order valence-corrected chi connectivity index (χ1v) is 9.31. The highest BCUT2D eigenvalue weighted by molar-refractivity contribution is 7.80. The Bertz CT molecular complexity index is 843. The highest BCUT2D eigenvalue weighted by Crippen LogP contribution is 2.46. The van der Waals surface area contributed by atoms with Gasteiger partial charge in [-0.05, 0) is 74.3 Å². The average Bonchev–Trinajstić information content (AvgIpc) is 2.52. The topological polar surface area (TPSA) is 24.5 Å². The molecule has 0 saturated carbocycles. The Hall–Kier alpha value is -2.07. The SMILES string of the molecule is CCc1ccc2c(c1)C1CC(C)(O2)N(c2cc(C)cc(C)c2)C(=S)N1. The molecule has 2 bridgehead atoms. The molecule has 2 aromatic rings. The van der Waals surface area contributed by atoms with Crippen molar-refractivity contribution in [3.05, 3.63) is 58.7 Å². The summed E-state index contributed by atoms with van der Waals surface area (Å²) < 4.78 is 6.51. The van der Waals surface area contributed by atoms with Crippen LogP contribution in [0.25, 0.3) is 0 Å². The zero-order valence-corrected chi connectivity index (χ0v) is 16.0. The lowest BCUT2D eigenvalue weighted by atomic mass is 9.89. The van der Waals surface area contributed by atoms with Gasteiger partial charge in [0.1, 0.15) is 5.75 Å². The number of ether oxygens (including phenoxy) is 1. The Balaban J connectivity index is 1.79. The predicted octanol–water partition coefficient (Wildman–Crippen LogP) is 4.80. The molecule has 1 fully saturated rings. The molecule has 1 N–H and O–H groups in total. The van der Waals surface area contributed by atoms with Crippen LogP contribution in [-0.4, -0.2) is 10.8 Å². The average molecular weight is 353 g/mol. The maximum Gasteiger partial charge on any atom is 0.188 e. The zero-order valence-electron chi connectivity index (χ0n) is 15.2. The molecule has 0 aliphatic carbocycles. The molecular formula is C21H24N2OS. The molecule has 2 unspecified atom stereocenters. The third-order valence-corrected chi connectivity index (χ3v) is 5.51. The van der Waals surface area contributed by atoms with Crippen LogP contribution in [-0.2, 0) is 6.42 Å². The Morgan fingerprint density at radius 2 is 1.92 bits per heavy atom. The van der Waals surface area contributed by atoms with Crippen molar-refractivity contribution in [1.29, 1.82) is 0 Å². The summed E-state index contributed by atoms with van der Waals surface area (Å²) >= 11 is 5.75. The summed E-state index contributed by atoms with van der Waals surface area (Å²) in [5, 5.41) is 4.28. The third-order valence-electron chi connectivity index (χ3n) is 5.21. The summed E-state index contributed by atoms with van der Waals surface area (Å²) in [6.45, 7) is 8.55. The number of hydrogen-bond acceptors (Lipinski definition) is 2. The van der Waals surface area contributed by atoms with E-state index in [4.69, 9.17) is 17.0 Å². The van der Waals surface area contributed by atoms with E-state index in [0.29, 0.717) is 0 Å². The van der Waals surface area contributed by atoms with Gasteiger partial charge in [0.2, 0.25) is 0 Å². The van der Waals surface area contributed by atoms with Crippen molar-refractivity contribution in [2.75, 3.05) is 4.90 Å². The van der Waals surface area contributed by atoms with Crippen molar-refractivity contribution in [3.63, 3.8) is 0 Å². The molecule has 0 spiro atoms. The van der Waals surface area contributed by atoms with Crippen LogP contribution in [0.2, 0.25) is 0 Å². The number of hydrogen-bond donors (Lipinski definition) is 1. The van der Waals surface area contributed by atoms with E-state index in [1.165, 1.54) is 22.3 Å². The van der Waals surface area contributed by atoms with Crippen molar-refractivity contribution in [3.8, 4) is 5.75 Å². The minimum absolute atomic E-state index is 0.204. The minimum atomic E-state index is -0.478. The van der Waals surface area contributed by atoms with Gasteiger partial charge in [0, 0.05) is 17.7 Å². The molecule has 2 atom stereocenters. The number of aryl methyl sites for hydroxylation is 3. The molecule has 4 rings (SSSR count). The molecule has 25 heavy (non-hydrogen) atoms. The lowest BCUT2D eigenvalue weighted by molar-refractivity contribution is 0.0497. The smallest absolute Gasteiger partial charge is 0.188 e. The van der Waals surface area contributed by atoms with E-state index in [-0.39, 0.29) is 6.04 Å². The fourth-order valence-corrected chi connectivity index (χ4v) is 4.56. The second-order valence-electron chi connectivity index (χ2n) is 7.39. The molecule has 4 heteroatoms. The van der Waals surface area contributed by atoms with Crippen LogP contribution in [0.15, 0.2) is 36.4 Å². The van der Waals surface area contributed by atoms with Crippen LogP contribution in [0.3, 0.4) is 0 Å². The highest BCUT2D eigenvalue weighted by atomic mass is 32.1. The molecule has 2 aliphatic rings. The summed E-state index contributed by atoms with van der Waals surface area (Å²) in [7, 11) is 0. The van der Waals surface area contributed by atoms with E-state index in [0.717, 1.165) is 29.4 Å². The van der Waals surface area contributed by atoms with Crippen LogP contribution >= 0.6 is 12.2 Å². The molecule has 130 valence electrons. The van der Waals surface area contributed by atoms with E-state index in [1.54, 1.807) is 0 Å². The number of benzene rings is 2. The van der Waals surface area contributed by atoms with Gasteiger partial charge >= 0.3 is 0 Å². The largest absolute Gasteiger partial charge is 0.467 e. The monoisotopic (exact) mass is 352 g/mol. The zero-order chi connectivity index (χ0) is 17.8. The van der Waals surface area contributed by atoms with Crippen molar-refractivity contribution < 1.29 is 4.74 Å². The standard InChI is InChI=1S/C21H24N2OS/c1-5-15-6-7-19-17(11-15)18-12-21(4,24-19)23(20(25)22-18)16-9-13(2)8-14(3)10-16/h6-11,18H,5,12H2,1-4H3,(H,22,25). The van der Waals surface area contributed by atoms with Crippen LogP contribution in [0.5, 0.6) is 5.75 Å². The predicted molar refractivity (Wildman–Crippen MR) is 106 cm³/mol.